The van der Waals surface area contributed by atoms with E-state index >= 15 is 0 Å². The lowest BCUT2D eigenvalue weighted by Gasteiger charge is -2.20. The van der Waals surface area contributed by atoms with Crippen molar-refractivity contribution in [2.45, 2.75) is 13.3 Å². The minimum atomic E-state index is -0.776. The normalized spacial score (nSPS) is 26.6. The number of carbonyl (C=O) groups is 2. The first-order chi connectivity index (χ1) is 6.85. The molecule has 0 saturated carbocycles. The average molecular weight is 214 g/mol. The van der Waals surface area contributed by atoms with E-state index < -0.39 is 11.4 Å². The summed E-state index contributed by atoms with van der Waals surface area (Å²) in [4.78, 5) is 25.8. The van der Waals surface area contributed by atoms with Gasteiger partial charge in [-0.1, -0.05) is 0 Å². The van der Waals surface area contributed by atoms with Crippen LogP contribution in [0.3, 0.4) is 0 Å². The molecule has 0 aromatic carbocycles. The van der Waals surface area contributed by atoms with Gasteiger partial charge >= 0.3 is 5.97 Å². The van der Waals surface area contributed by atoms with Crippen molar-refractivity contribution in [3.8, 4) is 0 Å². The maximum absolute atomic E-state index is 11.4. The lowest BCUT2D eigenvalue weighted by Crippen LogP contribution is -2.38. The van der Waals surface area contributed by atoms with E-state index in [1.165, 1.54) is 4.90 Å². The Bertz CT molecular complexity index is 278. The molecule has 0 aromatic rings. The van der Waals surface area contributed by atoms with Crippen LogP contribution in [0.1, 0.15) is 13.3 Å². The third-order valence-corrected chi connectivity index (χ3v) is 2.93. The molecule has 0 radical (unpaired) electrons. The molecule has 0 bridgehead atoms. The Morgan fingerprint density at radius 3 is 2.47 bits per heavy atom. The first-order valence-electron chi connectivity index (χ1n) is 5.01. The van der Waals surface area contributed by atoms with E-state index in [1.54, 1.807) is 21.0 Å². The summed E-state index contributed by atoms with van der Waals surface area (Å²) in [6, 6.07) is 0. The second kappa shape index (κ2) is 4.18. The van der Waals surface area contributed by atoms with E-state index in [1.807, 2.05) is 4.90 Å². The van der Waals surface area contributed by atoms with Crippen molar-refractivity contribution < 1.29 is 14.7 Å². The summed E-state index contributed by atoms with van der Waals surface area (Å²) in [6.07, 6.45) is 0.614. The molecule has 1 heterocycles. The number of amides is 1. The Balaban J connectivity index is 2.50. The Labute approximate surface area is 89.7 Å². The Hall–Kier alpha value is -1.10. The number of nitrogens with zero attached hydrogens (tertiary/aromatic N) is 2. The molecule has 1 unspecified atom stereocenters. The minimum Gasteiger partial charge on any atom is -0.481 e. The maximum atomic E-state index is 11.4. The second-order valence-corrected chi connectivity index (χ2v) is 4.61. The summed E-state index contributed by atoms with van der Waals surface area (Å²) >= 11 is 0. The van der Waals surface area contributed by atoms with Gasteiger partial charge in [-0.3, -0.25) is 14.5 Å². The summed E-state index contributed by atoms with van der Waals surface area (Å²) in [6.45, 7) is 3.19. The molecule has 0 spiro atoms. The lowest BCUT2D eigenvalue weighted by atomic mass is 9.90. The largest absolute Gasteiger partial charge is 0.481 e. The SMILES string of the molecule is CN(C)C(=O)CN1CCC(C)(C(=O)O)C1. The summed E-state index contributed by atoms with van der Waals surface area (Å²) in [7, 11) is 3.41. The van der Waals surface area contributed by atoms with Crippen LogP contribution >= 0.6 is 0 Å². The number of hydrogen-bond donors (Lipinski definition) is 1. The van der Waals surface area contributed by atoms with Crippen molar-refractivity contribution in [1.82, 2.24) is 9.80 Å². The fraction of sp³-hybridized carbons (Fsp3) is 0.800. The smallest absolute Gasteiger partial charge is 0.310 e. The van der Waals surface area contributed by atoms with Crippen molar-refractivity contribution >= 4 is 11.9 Å². The van der Waals surface area contributed by atoms with Gasteiger partial charge in [0.15, 0.2) is 0 Å². The van der Waals surface area contributed by atoms with Gasteiger partial charge in [0.1, 0.15) is 0 Å². The molecule has 0 aromatic heterocycles. The van der Waals surface area contributed by atoms with Gasteiger partial charge in [-0.15, -0.1) is 0 Å². The molecule has 1 amide bonds. The maximum Gasteiger partial charge on any atom is 0.310 e. The molecule has 1 rings (SSSR count). The molecule has 1 aliphatic rings. The quantitative estimate of drug-likeness (QED) is 0.711. The molecule has 86 valence electrons. The zero-order chi connectivity index (χ0) is 11.6. The number of likely N-dealkylation sites (N-methyl/N-ethyl adjacent to an activating group) is 1. The summed E-state index contributed by atoms with van der Waals surface area (Å²) < 4.78 is 0. The molecule has 0 aliphatic carbocycles. The third-order valence-electron chi connectivity index (χ3n) is 2.93. The number of rotatable bonds is 3. The first kappa shape index (κ1) is 12.0. The van der Waals surface area contributed by atoms with E-state index in [9.17, 15) is 9.59 Å². The topological polar surface area (TPSA) is 60.9 Å². The van der Waals surface area contributed by atoms with Gasteiger partial charge in [-0.2, -0.15) is 0 Å². The molecule has 15 heavy (non-hydrogen) atoms. The van der Waals surface area contributed by atoms with Gasteiger partial charge in [0.05, 0.1) is 12.0 Å². The van der Waals surface area contributed by atoms with E-state index in [0.717, 1.165) is 0 Å². The van der Waals surface area contributed by atoms with E-state index in [-0.39, 0.29) is 5.91 Å². The zero-order valence-corrected chi connectivity index (χ0v) is 9.49. The molecule has 5 heteroatoms. The van der Waals surface area contributed by atoms with Crippen LogP contribution in [0.15, 0.2) is 0 Å². The Morgan fingerprint density at radius 1 is 1.47 bits per heavy atom. The lowest BCUT2D eigenvalue weighted by molar-refractivity contribution is -0.147. The highest BCUT2D eigenvalue weighted by atomic mass is 16.4. The highest BCUT2D eigenvalue weighted by molar-refractivity contribution is 5.78. The Kier molecular flexibility index (Phi) is 3.34. The molecule has 1 atom stereocenters. The molecular weight excluding hydrogens is 196 g/mol. The van der Waals surface area contributed by atoms with E-state index in [4.69, 9.17) is 5.11 Å². The van der Waals surface area contributed by atoms with Crippen molar-refractivity contribution in [2.75, 3.05) is 33.7 Å². The molecule has 1 aliphatic heterocycles. The fourth-order valence-corrected chi connectivity index (χ4v) is 1.70. The van der Waals surface area contributed by atoms with E-state index in [0.29, 0.717) is 26.1 Å². The predicted octanol–water partition coefficient (Wildman–Crippen LogP) is -0.129. The van der Waals surface area contributed by atoms with Crippen molar-refractivity contribution in [2.24, 2.45) is 5.41 Å². The number of carbonyl (C=O) groups excluding carboxylic acids is 1. The predicted molar refractivity (Wildman–Crippen MR) is 55.5 cm³/mol. The molecule has 1 fully saturated rings. The van der Waals surface area contributed by atoms with Crippen molar-refractivity contribution in [3.05, 3.63) is 0 Å². The van der Waals surface area contributed by atoms with Crippen LogP contribution in [0.5, 0.6) is 0 Å². The number of likely N-dealkylation sites (tertiary alicyclic amines) is 1. The van der Waals surface area contributed by atoms with Crippen LogP contribution in [0, 0.1) is 5.41 Å². The molecular formula is C10H18N2O3. The number of aliphatic carboxylic acids is 1. The number of carboxylic acid groups (broad SMARTS) is 1. The van der Waals surface area contributed by atoms with Crippen LogP contribution in [0.4, 0.5) is 0 Å². The van der Waals surface area contributed by atoms with Gasteiger partial charge in [-0.25, -0.2) is 0 Å². The van der Waals surface area contributed by atoms with Gasteiger partial charge in [0.25, 0.3) is 0 Å². The highest BCUT2D eigenvalue weighted by Crippen LogP contribution is 2.29. The summed E-state index contributed by atoms with van der Waals surface area (Å²) in [5.41, 5.74) is -0.688. The first-order valence-corrected chi connectivity index (χ1v) is 5.01. The van der Waals surface area contributed by atoms with E-state index in [2.05, 4.69) is 0 Å². The van der Waals surface area contributed by atoms with Crippen LogP contribution in [0.25, 0.3) is 0 Å². The second-order valence-electron chi connectivity index (χ2n) is 4.61. The monoisotopic (exact) mass is 214 g/mol. The van der Waals surface area contributed by atoms with Crippen molar-refractivity contribution in [1.29, 1.82) is 0 Å². The molecule has 1 saturated heterocycles. The van der Waals surface area contributed by atoms with Gasteiger partial charge in [-0.05, 0) is 19.9 Å². The molecule has 1 N–H and O–H groups in total. The van der Waals surface area contributed by atoms with Gasteiger partial charge in [0, 0.05) is 20.6 Å². The van der Waals surface area contributed by atoms with Gasteiger partial charge in [0.2, 0.25) is 5.91 Å². The number of hydrogen-bond acceptors (Lipinski definition) is 3. The fourth-order valence-electron chi connectivity index (χ4n) is 1.70. The van der Waals surface area contributed by atoms with Crippen LogP contribution in [-0.4, -0.2) is 60.5 Å². The molecule has 5 nitrogen and oxygen atoms in total. The zero-order valence-electron chi connectivity index (χ0n) is 9.49. The number of carboxylic acids is 1. The summed E-state index contributed by atoms with van der Waals surface area (Å²) in [5.74, 6) is -0.757. The average Bonchev–Trinajstić information content (AvgIpc) is 2.48. The van der Waals surface area contributed by atoms with Crippen LogP contribution in [0.2, 0.25) is 0 Å². The van der Waals surface area contributed by atoms with Crippen LogP contribution < -0.4 is 0 Å². The van der Waals surface area contributed by atoms with Crippen LogP contribution in [-0.2, 0) is 9.59 Å². The standard InChI is InChI=1S/C10H18N2O3/c1-10(9(14)15)4-5-12(7-10)6-8(13)11(2)3/h4-7H2,1-3H3,(H,14,15). The Morgan fingerprint density at radius 2 is 2.07 bits per heavy atom. The minimum absolute atomic E-state index is 0.0182. The third kappa shape index (κ3) is 2.68. The summed E-state index contributed by atoms with van der Waals surface area (Å²) in [5, 5.41) is 9.01. The van der Waals surface area contributed by atoms with Gasteiger partial charge < -0.3 is 10.0 Å². The highest BCUT2D eigenvalue weighted by Gasteiger charge is 2.40. The van der Waals surface area contributed by atoms with Crippen molar-refractivity contribution in [3.63, 3.8) is 0 Å².